The molecule has 6 nitrogen and oxygen atoms in total. The van der Waals surface area contributed by atoms with E-state index in [-0.39, 0.29) is 29.0 Å². The van der Waals surface area contributed by atoms with Gasteiger partial charge in [0, 0.05) is 19.0 Å². The van der Waals surface area contributed by atoms with E-state index in [1.54, 1.807) is 35.4 Å². The summed E-state index contributed by atoms with van der Waals surface area (Å²) in [5, 5.41) is 0. The number of carbonyl (C=O) groups is 1. The highest BCUT2D eigenvalue weighted by Crippen LogP contribution is 2.32. The smallest absolute Gasteiger partial charge is 0.271 e. The molecule has 7 heteroatoms. The first-order chi connectivity index (χ1) is 13.6. The second-order valence-electron chi connectivity index (χ2n) is 6.91. The molecule has 3 aromatic rings. The maximum atomic E-state index is 13.1. The van der Waals surface area contributed by atoms with Crippen LogP contribution in [0.1, 0.15) is 53.0 Å². The fraction of sp³-hybridized carbons (Fsp3) is 0.286. The predicted octanol–water partition coefficient (Wildman–Crippen LogP) is 3.46. The molecule has 1 fully saturated rings. The molecule has 0 radical (unpaired) electrons. The molecule has 0 unspecified atom stereocenters. The van der Waals surface area contributed by atoms with Gasteiger partial charge in [-0.15, -0.1) is 0 Å². The monoisotopic (exact) mass is 381 g/mol. The van der Waals surface area contributed by atoms with Crippen molar-refractivity contribution in [3.8, 4) is 0 Å². The normalized spacial score (nSPS) is 16.9. The number of rotatable bonds is 4. The maximum Gasteiger partial charge on any atom is 0.271 e. The zero-order chi connectivity index (χ0) is 19.5. The predicted molar refractivity (Wildman–Crippen MR) is 100 cm³/mol. The van der Waals surface area contributed by atoms with Crippen molar-refractivity contribution in [3.63, 3.8) is 0 Å². The first-order valence-corrected chi connectivity index (χ1v) is 9.29. The van der Waals surface area contributed by atoms with Crippen molar-refractivity contribution in [2.75, 3.05) is 6.54 Å². The second-order valence-corrected chi connectivity index (χ2v) is 6.91. The Kier molecular flexibility index (Phi) is 5.06. The molecule has 2 aromatic heterocycles. The Hall–Kier alpha value is -3.22. The highest BCUT2D eigenvalue weighted by Gasteiger charge is 2.32. The lowest BCUT2D eigenvalue weighted by Crippen LogP contribution is -2.39. The third-order valence-corrected chi connectivity index (χ3v) is 4.91. The van der Waals surface area contributed by atoms with Crippen molar-refractivity contribution in [1.29, 1.82) is 0 Å². The zero-order valence-corrected chi connectivity index (χ0v) is 15.2. The van der Waals surface area contributed by atoms with Gasteiger partial charge in [0.1, 0.15) is 23.3 Å². The quantitative estimate of drug-likeness (QED) is 0.751. The van der Waals surface area contributed by atoms with Gasteiger partial charge in [-0.3, -0.25) is 9.59 Å². The van der Waals surface area contributed by atoms with Gasteiger partial charge >= 0.3 is 0 Å². The summed E-state index contributed by atoms with van der Waals surface area (Å²) in [5.74, 6) is 0.633. The Labute approximate surface area is 161 Å². The van der Waals surface area contributed by atoms with Gasteiger partial charge in [0.2, 0.25) is 11.4 Å². The van der Waals surface area contributed by atoms with E-state index in [0.717, 1.165) is 24.8 Å². The van der Waals surface area contributed by atoms with Crippen molar-refractivity contribution in [2.45, 2.75) is 31.7 Å². The molecule has 1 amide bonds. The lowest BCUT2D eigenvalue weighted by Gasteiger charge is -2.33. The third-order valence-electron chi connectivity index (χ3n) is 4.91. The summed E-state index contributed by atoms with van der Waals surface area (Å²) in [5.41, 5.74) is 0.872. The van der Waals surface area contributed by atoms with Crippen molar-refractivity contribution >= 4 is 5.91 Å². The number of aromatic nitrogens is 2. The molecule has 4 rings (SSSR count). The molecule has 0 spiro atoms. The number of H-pyrrole nitrogens is 1. The Morgan fingerprint density at radius 2 is 2.04 bits per heavy atom. The molecule has 144 valence electrons. The number of pyridine rings is 1. The molecule has 0 saturated carbocycles. The molecule has 28 heavy (non-hydrogen) atoms. The Bertz CT molecular complexity index is 1030. The van der Waals surface area contributed by atoms with E-state index in [4.69, 9.17) is 4.42 Å². The molecule has 1 aliphatic rings. The van der Waals surface area contributed by atoms with Crippen molar-refractivity contribution < 1.29 is 13.6 Å². The second kappa shape index (κ2) is 7.80. The van der Waals surface area contributed by atoms with Gasteiger partial charge in [-0.1, -0.05) is 18.2 Å². The molecule has 1 aromatic carbocycles. The summed E-state index contributed by atoms with van der Waals surface area (Å²) < 4.78 is 19.0. The molecule has 1 N–H and O–H groups in total. The van der Waals surface area contributed by atoms with E-state index in [2.05, 4.69) is 9.97 Å². The van der Waals surface area contributed by atoms with Gasteiger partial charge in [-0.2, -0.15) is 0 Å². The highest BCUT2D eigenvalue weighted by molar-refractivity contribution is 5.92. The number of hydrogen-bond donors (Lipinski definition) is 1. The minimum atomic E-state index is -0.308. The van der Waals surface area contributed by atoms with Gasteiger partial charge in [0.05, 0.1) is 6.20 Å². The van der Waals surface area contributed by atoms with Gasteiger partial charge in [-0.25, -0.2) is 9.37 Å². The highest BCUT2D eigenvalue weighted by atomic mass is 19.1. The molecule has 1 saturated heterocycles. The van der Waals surface area contributed by atoms with E-state index < -0.39 is 0 Å². The summed E-state index contributed by atoms with van der Waals surface area (Å²) in [6.07, 6.45) is 4.76. The average molecular weight is 381 g/mol. The molecular formula is C21H20FN3O3. The van der Waals surface area contributed by atoms with Crippen LogP contribution in [-0.4, -0.2) is 27.3 Å². The van der Waals surface area contributed by atoms with E-state index in [1.807, 2.05) is 0 Å². The number of oxazole rings is 1. The van der Waals surface area contributed by atoms with E-state index in [9.17, 15) is 14.0 Å². The molecule has 0 bridgehead atoms. The number of likely N-dealkylation sites (tertiary alicyclic amines) is 1. The first-order valence-electron chi connectivity index (χ1n) is 9.29. The minimum Gasteiger partial charge on any atom is -0.443 e. The Balaban J connectivity index is 1.54. The van der Waals surface area contributed by atoms with Crippen LogP contribution in [0.25, 0.3) is 0 Å². The molecule has 1 atom stereocenters. The summed E-state index contributed by atoms with van der Waals surface area (Å²) in [7, 11) is 0. The van der Waals surface area contributed by atoms with Gasteiger partial charge < -0.3 is 14.3 Å². The Morgan fingerprint density at radius 3 is 2.82 bits per heavy atom. The van der Waals surface area contributed by atoms with Crippen molar-refractivity contribution in [2.24, 2.45) is 0 Å². The number of nitrogens with one attached hydrogen (secondary N) is 1. The van der Waals surface area contributed by atoms with Crippen LogP contribution in [0.2, 0.25) is 0 Å². The van der Waals surface area contributed by atoms with Crippen LogP contribution in [0.15, 0.2) is 57.9 Å². The van der Waals surface area contributed by atoms with Crippen LogP contribution in [0.4, 0.5) is 4.39 Å². The number of piperidine rings is 1. The van der Waals surface area contributed by atoms with Crippen LogP contribution in [0.3, 0.4) is 0 Å². The van der Waals surface area contributed by atoms with Crippen LogP contribution in [-0.2, 0) is 6.42 Å². The minimum absolute atomic E-state index is 0.235. The fourth-order valence-corrected chi connectivity index (χ4v) is 3.52. The number of aromatic amines is 1. The third kappa shape index (κ3) is 3.88. The zero-order valence-electron chi connectivity index (χ0n) is 15.2. The number of amides is 1. The maximum absolute atomic E-state index is 13.1. The number of hydrogen-bond acceptors (Lipinski definition) is 4. The summed E-state index contributed by atoms with van der Waals surface area (Å²) >= 11 is 0. The number of carbonyl (C=O) groups excluding carboxylic acids is 1. The number of benzene rings is 1. The van der Waals surface area contributed by atoms with E-state index >= 15 is 0 Å². The summed E-state index contributed by atoms with van der Waals surface area (Å²) in [6, 6.07) is 10.5. The topological polar surface area (TPSA) is 79.2 Å². The van der Waals surface area contributed by atoms with Crippen LogP contribution in [0.5, 0.6) is 0 Å². The van der Waals surface area contributed by atoms with Gasteiger partial charge in [0.15, 0.2) is 0 Å². The summed E-state index contributed by atoms with van der Waals surface area (Å²) in [4.78, 5) is 33.2. The van der Waals surface area contributed by atoms with Crippen molar-refractivity contribution in [1.82, 2.24) is 14.9 Å². The van der Waals surface area contributed by atoms with Crippen LogP contribution < -0.4 is 5.56 Å². The molecule has 0 aliphatic carbocycles. The van der Waals surface area contributed by atoms with Crippen molar-refractivity contribution in [3.05, 3.63) is 87.7 Å². The van der Waals surface area contributed by atoms with Gasteiger partial charge in [-0.05, 0) is 43.0 Å². The number of halogens is 1. The summed E-state index contributed by atoms with van der Waals surface area (Å²) in [6.45, 7) is 0.579. The molecular weight excluding hydrogens is 361 g/mol. The SMILES string of the molecule is O=C(c1cccc(=O)[nH]1)N1CCCC[C@H]1c1ncc(Cc2ccc(F)cc2)o1. The van der Waals surface area contributed by atoms with Gasteiger partial charge in [0.25, 0.3) is 5.91 Å². The Morgan fingerprint density at radius 1 is 1.21 bits per heavy atom. The van der Waals surface area contributed by atoms with E-state index in [1.165, 1.54) is 18.2 Å². The largest absolute Gasteiger partial charge is 0.443 e. The average Bonchev–Trinajstić information content (AvgIpc) is 3.17. The molecule has 1 aliphatic heterocycles. The fourth-order valence-electron chi connectivity index (χ4n) is 3.52. The van der Waals surface area contributed by atoms with Crippen LogP contribution in [0, 0.1) is 5.82 Å². The molecule has 3 heterocycles. The van der Waals surface area contributed by atoms with Crippen LogP contribution >= 0.6 is 0 Å². The lowest BCUT2D eigenvalue weighted by molar-refractivity contribution is 0.0563. The van der Waals surface area contributed by atoms with E-state index in [0.29, 0.717) is 24.6 Å². The first kappa shape index (κ1) is 18.2. The standard InChI is InChI=1S/C21H20FN3O3/c22-15-9-7-14(8-10-15)12-16-13-23-20(28-16)18-5-1-2-11-25(18)21(27)17-4-3-6-19(26)24-17/h3-4,6-10,13,18H,1-2,5,11-12H2,(H,24,26)/t18-/m0/s1. The number of nitrogens with zero attached hydrogens (tertiary/aromatic N) is 2. The lowest BCUT2D eigenvalue weighted by atomic mass is 10.0.